The van der Waals surface area contributed by atoms with Gasteiger partial charge in [0.15, 0.2) is 5.13 Å². The van der Waals surface area contributed by atoms with Gasteiger partial charge >= 0.3 is 0 Å². The number of carbonyl (C=O) groups is 2. The number of nitrogens with one attached hydrogen (secondary N) is 2. The molecule has 0 aliphatic carbocycles. The van der Waals surface area contributed by atoms with Crippen LogP contribution < -0.4 is 15.4 Å². The van der Waals surface area contributed by atoms with Crippen molar-refractivity contribution >= 4 is 51.4 Å². The molecule has 1 aromatic heterocycles. The van der Waals surface area contributed by atoms with Crippen molar-refractivity contribution in [3.63, 3.8) is 0 Å². The first-order chi connectivity index (χ1) is 20.4. The van der Waals surface area contributed by atoms with Gasteiger partial charge in [0.05, 0.1) is 17.7 Å². The Kier molecular flexibility index (Phi) is 8.90. The fraction of sp³-hybridized carbons (Fsp3) is 0.0645. The number of thiazole rings is 1. The maximum absolute atomic E-state index is 13.5. The molecule has 5 aromatic rings. The molecule has 2 amide bonds. The van der Waals surface area contributed by atoms with Crippen molar-refractivity contribution in [1.82, 2.24) is 4.98 Å². The predicted molar refractivity (Wildman–Crippen MR) is 165 cm³/mol. The van der Waals surface area contributed by atoms with Gasteiger partial charge in [-0.25, -0.2) is 4.98 Å². The third-order valence-electron chi connectivity index (χ3n) is 6.14. The van der Waals surface area contributed by atoms with Gasteiger partial charge in [0.25, 0.3) is 11.6 Å². The number of hydrogen-bond acceptors (Lipinski definition) is 8. The first-order valence-electron chi connectivity index (χ1n) is 12.7. The number of aromatic nitrogens is 1. The van der Waals surface area contributed by atoms with Crippen LogP contribution in [0, 0.1) is 10.1 Å². The summed E-state index contributed by atoms with van der Waals surface area (Å²) in [6.07, 6.45) is 0. The molecule has 42 heavy (non-hydrogen) atoms. The molecule has 0 aliphatic rings. The lowest BCUT2D eigenvalue weighted by molar-refractivity contribution is -0.384. The third kappa shape index (κ3) is 6.82. The minimum absolute atomic E-state index is 0.159. The van der Waals surface area contributed by atoms with E-state index in [2.05, 4.69) is 15.6 Å². The smallest absolute Gasteiger partial charge is 0.270 e. The van der Waals surface area contributed by atoms with Crippen LogP contribution in [0.1, 0.15) is 21.2 Å². The van der Waals surface area contributed by atoms with Crippen LogP contribution >= 0.6 is 23.1 Å². The molecule has 0 radical (unpaired) electrons. The fourth-order valence-electron chi connectivity index (χ4n) is 4.10. The van der Waals surface area contributed by atoms with Crippen molar-refractivity contribution in [3.05, 3.63) is 130 Å². The minimum Gasteiger partial charge on any atom is -0.496 e. The number of rotatable bonds is 10. The summed E-state index contributed by atoms with van der Waals surface area (Å²) in [6, 6.07) is 29.6. The van der Waals surface area contributed by atoms with Crippen molar-refractivity contribution in [2.45, 2.75) is 10.1 Å². The van der Waals surface area contributed by atoms with Crippen LogP contribution in [0.2, 0.25) is 0 Å². The molecule has 0 spiro atoms. The van der Waals surface area contributed by atoms with Crippen LogP contribution in [0.3, 0.4) is 0 Å². The minimum atomic E-state index is -0.574. The largest absolute Gasteiger partial charge is 0.496 e. The van der Waals surface area contributed by atoms with E-state index in [0.29, 0.717) is 22.3 Å². The summed E-state index contributed by atoms with van der Waals surface area (Å²) in [5.41, 5.74) is 2.91. The van der Waals surface area contributed by atoms with E-state index in [0.717, 1.165) is 16.0 Å². The zero-order chi connectivity index (χ0) is 29.5. The van der Waals surface area contributed by atoms with Gasteiger partial charge in [-0.1, -0.05) is 48.5 Å². The molecule has 1 unspecified atom stereocenters. The molecular weight excluding hydrogens is 572 g/mol. The highest BCUT2D eigenvalue weighted by Crippen LogP contribution is 2.38. The highest BCUT2D eigenvalue weighted by atomic mass is 32.2. The molecule has 210 valence electrons. The number of thioether (sulfide) groups is 1. The number of hydrogen-bond donors (Lipinski definition) is 2. The normalized spacial score (nSPS) is 11.4. The number of ether oxygens (including phenoxy) is 1. The Labute approximate surface area is 249 Å². The van der Waals surface area contributed by atoms with Gasteiger partial charge in [-0.15, -0.1) is 23.1 Å². The summed E-state index contributed by atoms with van der Waals surface area (Å²) < 4.78 is 5.44. The van der Waals surface area contributed by atoms with Crippen molar-refractivity contribution in [3.8, 4) is 17.0 Å². The molecule has 11 heteroatoms. The van der Waals surface area contributed by atoms with Crippen LogP contribution in [-0.4, -0.2) is 28.8 Å². The highest BCUT2D eigenvalue weighted by molar-refractivity contribution is 8.00. The van der Waals surface area contributed by atoms with E-state index < -0.39 is 16.1 Å². The number of carbonyl (C=O) groups excluding carboxylic acids is 2. The summed E-state index contributed by atoms with van der Waals surface area (Å²) in [4.78, 5) is 42.1. The Balaban J connectivity index is 1.30. The molecule has 0 aliphatic heterocycles. The van der Waals surface area contributed by atoms with E-state index in [4.69, 9.17) is 4.74 Å². The molecule has 0 bridgehead atoms. The third-order valence-corrected chi connectivity index (χ3v) is 8.17. The van der Waals surface area contributed by atoms with E-state index in [-0.39, 0.29) is 17.2 Å². The average Bonchev–Trinajstić information content (AvgIpc) is 3.49. The SMILES string of the molecule is COc1ccccc1-c1csc(NC(=O)C(Sc2ccc(NC(=O)c3cccc([N+](=O)[O-])c3)cc2)c2ccccc2)n1. The van der Waals surface area contributed by atoms with Crippen LogP contribution in [0.5, 0.6) is 5.75 Å². The molecule has 0 saturated carbocycles. The van der Waals surface area contributed by atoms with Gasteiger partial charge in [0.2, 0.25) is 5.91 Å². The van der Waals surface area contributed by atoms with Crippen molar-refractivity contribution < 1.29 is 19.2 Å². The van der Waals surface area contributed by atoms with Crippen molar-refractivity contribution in [1.29, 1.82) is 0 Å². The Hall–Kier alpha value is -5.00. The fourth-order valence-corrected chi connectivity index (χ4v) is 5.84. The van der Waals surface area contributed by atoms with Gasteiger partial charge in [0, 0.05) is 39.2 Å². The first-order valence-corrected chi connectivity index (χ1v) is 14.4. The Morgan fingerprint density at radius 1 is 0.929 bits per heavy atom. The number of methoxy groups -OCH3 is 1. The number of non-ortho nitro benzene ring substituents is 1. The molecule has 2 N–H and O–H groups in total. The Morgan fingerprint density at radius 2 is 1.67 bits per heavy atom. The van der Waals surface area contributed by atoms with Crippen LogP contribution in [0.25, 0.3) is 11.3 Å². The number of para-hydroxylation sites is 1. The molecule has 5 rings (SSSR count). The number of nitro groups is 1. The van der Waals surface area contributed by atoms with E-state index in [1.807, 2.05) is 60.0 Å². The van der Waals surface area contributed by atoms with E-state index in [9.17, 15) is 19.7 Å². The summed E-state index contributed by atoms with van der Waals surface area (Å²) >= 11 is 2.70. The van der Waals surface area contributed by atoms with Crippen LogP contribution in [-0.2, 0) is 4.79 Å². The topological polar surface area (TPSA) is 123 Å². The lowest BCUT2D eigenvalue weighted by atomic mass is 10.1. The standard InChI is InChI=1S/C31H24N4O5S2/c1-40-27-13-6-5-12-25(27)26-19-41-31(33-26)34-30(37)28(20-8-3-2-4-9-20)42-24-16-14-22(15-17-24)32-29(36)21-10-7-11-23(18-21)35(38)39/h2-19,28H,1H3,(H,32,36)(H,33,34,37). The lowest BCUT2D eigenvalue weighted by Crippen LogP contribution is -2.19. The van der Waals surface area contributed by atoms with Crippen LogP contribution in [0.15, 0.2) is 113 Å². The van der Waals surface area contributed by atoms with E-state index in [1.165, 1.54) is 47.4 Å². The molecule has 1 heterocycles. The number of amides is 2. The van der Waals surface area contributed by atoms with Gasteiger partial charge < -0.3 is 15.4 Å². The predicted octanol–water partition coefficient (Wildman–Crippen LogP) is 7.45. The van der Waals surface area contributed by atoms with E-state index >= 15 is 0 Å². The molecule has 0 fully saturated rings. The second kappa shape index (κ2) is 13.1. The molecule has 0 saturated heterocycles. The Morgan fingerprint density at radius 3 is 2.40 bits per heavy atom. The van der Waals surface area contributed by atoms with E-state index in [1.54, 1.807) is 31.4 Å². The second-order valence-corrected chi connectivity index (χ2v) is 11.0. The number of nitrogens with zero attached hydrogens (tertiary/aromatic N) is 2. The summed E-state index contributed by atoms with van der Waals surface area (Å²) in [5, 5.41) is 18.5. The quantitative estimate of drug-likeness (QED) is 0.0975. The summed E-state index contributed by atoms with van der Waals surface area (Å²) in [5.74, 6) is 0.00914. The molecule has 9 nitrogen and oxygen atoms in total. The summed E-state index contributed by atoms with van der Waals surface area (Å²) in [7, 11) is 1.60. The number of benzene rings is 4. The highest BCUT2D eigenvalue weighted by Gasteiger charge is 2.23. The molecule has 4 aromatic carbocycles. The van der Waals surface area contributed by atoms with Gasteiger partial charge in [-0.3, -0.25) is 19.7 Å². The van der Waals surface area contributed by atoms with Gasteiger partial charge in [-0.2, -0.15) is 0 Å². The van der Waals surface area contributed by atoms with Crippen LogP contribution in [0.4, 0.5) is 16.5 Å². The second-order valence-electron chi connectivity index (χ2n) is 8.92. The molecule has 1 atom stereocenters. The zero-order valence-corrected chi connectivity index (χ0v) is 23.9. The average molecular weight is 597 g/mol. The maximum Gasteiger partial charge on any atom is 0.270 e. The van der Waals surface area contributed by atoms with Gasteiger partial charge in [-0.05, 0) is 48.0 Å². The zero-order valence-electron chi connectivity index (χ0n) is 22.2. The van der Waals surface area contributed by atoms with Crippen molar-refractivity contribution in [2.75, 3.05) is 17.7 Å². The number of nitro benzene ring substituents is 1. The molecular formula is C31H24N4O5S2. The van der Waals surface area contributed by atoms with Gasteiger partial charge in [0.1, 0.15) is 11.0 Å². The summed E-state index contributed by atoms with van der Waals surface area (Å²) in [6.45, 7) is 0. The maximum atomic E-state index is 13.5. The van der Waals surface area contributed by atoms with Crippen molar-refractivity contribution in [2.24, 2.45) is 0 Å². The number of anilines is 2. The Bertz CT molecular complexity index is 1730. The monoisotopic (exact) mass is 596 g/mol. The first kappa shape index (κ1) is 28.5. The lowest BCUT2D eigenvalue weighted by Gasteiger charge is -2.16.